The molecule has 124 valence electrons. The van der Waals surface area contributed by atoms with Gasteiger partial charge in [-0.1, -0.05) is 19.8 Å². The van der Waals surface area contributed by atoms with Crippen molar-refractivity contribution in [3.8, 4) is 0 Å². The van der Waals surface area contributed by atoms with Crippen LogP contribution < -0.4 is 4.90 Å². The molecule has 1 aromatic heterocycles. The number of carbonyl (C=O) groups is 1. The molecule has 4 rings (SSSR count). The quantitative estimate of drug-likeness (QED) is 0.930. The van der Waals surface area contributed by atoms with Gasteiger partial charge in [-0.3, -0.25) is 14.8 Å². The highest BCUT2D eigenvalue weighted by atomic mass is 16.2. The van der Waals surface area contributed by atoms with Gasteiger partial charge in [0, 0.05) is 12.5 Å². The van der Waals surface area contributed by atoms with Crippen molar-refractivity contribution in [1.29, 1.82) is 0 Å². The second-order valence-corrected chi connectivity index (χ2v) is 7.57. The molecule has 2 amide bonds. The predicted molar refractivity (Wildman–Crippen MR) is 90.2 cm³/mol. The van der Waals surface area contributed by atoms with E-state index in [9.17, 15) is 4.79 Å². The first-order chi connectivity index (χ1) is 11.0. The normalized spacial score (nSPS) is 23.3. The molecule has 6 nitrogen and oxygen atoms in total. The van der Waals surface area contributed by atoms with Crippen LogP contribution in [0.4, 0.5) is 10.6 Å². The third-order valence-corrected chi connectivity index (χ3v) is 5.04. The summed E-state index contributed by atoms with van der Waals surface area (Å²) in [6.45, 7) is 7.58. The molecule has 23 heavy (non-hydrogen) atoms. The monoisotopic (exact) mass is 315 g/mol. The summed E-state index contributed by atoms with van der Waals surface area (Å²) in [5, 5.41) is 0. The fourth-order valence-electron chi connectivity index (χ4n) is 3.98. The molecule has 0 unspecified atom stereocenters. The van der Waals surface area contributed by atoms with Crippen LogP contribution >= 0.6 is 0 Å². The van der Waals surface area contributed by atoms with Crippen molar-refractivity contribution >= 4 is 17.7 Å². The summed E-state index contributed by atoms with van der Waals surface area (Å²) in [7, 11) is 0. The largest absolute Gasteiger partial charge is 0.337 e. The van der Waals surface area contributed by atoms with E-state index in [1.165, 1.54) is 25.7 Å². The fraction of sp³-hybridized carbons (Fsp3) is 0.706. The van der Waals surface area contributed by atoms with E-state index in [4.69, 9.17) is 9.98 Å². The first kappa shape index (κ1) is 14.7. The lowest BCUT2D eigenvalue weighted by molar-refractivity contribution is 0.224. The zero-order valence-corrected chi connectivity index (χ0v) is 14.2. The summed E-state index contributed by atoms with van der Waals surface area (Å²) in [6, 6.07) is 0.0214. The summed E-state index contributed by atoms with van der Waals surface area (Å²) >= 11 is 0. The van der Waals surface area contributed by atoms with Crippen molar-refractivity contribution in [2.24, 2.45) is 4.99 Å². The summed E-state index contributed by atoms with van der Waals surface area (Å²) in [6.07, 6.45) is 5.84. The van der Waals surface area contributed by atoms with Gasteiger partial charge in [0.05, 0.1) is 12.1 Å². The van der Waals surface area contributed by atoms with E-state index in [1.54, 1.807) is 0 Å². The smallest absolute Gasteiger partial charge is 0.331 e. The van der Waals surface area contributed by atoms with Gasteiger partial charge in [-0.05, 0) is 33.1 Å². The molecule has 0 atom stereocenters. The van der Waals surface area contributed by atoms with E-state index < -0.39 is 0 Å². The average Bonchev–Trinajstić information content (AvgIpc) is 3.19. The highest BCUT2D eigenvalue weighted by Gasteiger charge is 2.45. The fourth-order valence-corrected chi connectivity index (χ4v) is 3.98. The Balaban J connectivity index is 1.80. The number of rotatable bonds is 3. The number of aromatic nitrogens is 2. The molecule has 0 bridgehead atoms. The van der Waals surface area contributed by atoms with Crippen LogP contribution in [-0.2, 0) is 0 Å². The predicted octanol–water partition coefficient (Wildman–Crippen LogP) is 3.26. The SMILES string of the molecule is CCCN1C(=O)N2CC(C)(C)N=C2c2[nH]c(C3CCCC3)nc21. The van der Waals surface area contributed by atoms with Gasteiger partial charge in [0.15, 0.2) is 11.7 Å². The number of nitrogens with zero attached hydrogens (tertiary/aromatic N) is 4. The number of nitrogens with one attached hydrogen (secondary N) is 1. The molecule has 3 aliphatic rings. The number of fused-ring (bicyclic) bond motifs is 3. The third-order valence-electron chi connectivity index (χ3n) is 5.04. The molecule has 3 heterocycles. The molecule has 0 aromatic carbocycles. The van der Waals surface area contributed by atoms with Crippen molar-refractivity contribution in [1.82, 2.24) is 14.9 Å². The number of carbonyl (C=O) groups excluding carboxylic acids is 1. The molecular weight excluding hydrogens is 290 g/mol. The molecule has 1 aromatic rings. The molecule has 1 fully saturated rings. The molecule has 0 spiro atoms. The van der Waals surface area contributed by atoms with Crippen LogP contribution in [0.1, 0.15) is 70.3 Å². The lowest BCUT2D eigenvalue weighted by atomic mass is 10.1. The highest BCUT2D eigenvalue weighted by Crippen LogP contribution is 2.38. The maximum absolute atomic E-state index is 12.9. The van der Waals surface area contributed by atoms with Gasteiger partial charge in [-0.2, -0.15) is 0 Å². The Bertz CT molecular complexity index is 669. The summed E-state index contributed by atoms with van der Waals surface area (Å²) in [5.41, 5.74) is 0.703. The number of aliphatic imine (C=N–C) groups is 1. The number of amidine groups is 1. The highest BCUT2D eigenvalue weighted by molar-refractivity contribution is 6.18. The van der Waals surface area contributed by atoms with Gasteiger partial charge in [0.1, 0.15) is 11.5 Å². The standard InChI is InChI=1S/C17H25N5O/c1-4-9-21-14-12(18-13(19-14)11-7-5-6-8-11)15-20-17(2,3)10-22(15)16(21)23/h11H,4-10H2,1-3H3,(H,18,19). The minimum atomic E-state index is -0.233. The van der Waals surface area contributed by atoms with E-state index in [2.05, 4.69) is 25.8 Å². The first-order valence-corrected chi connectivity index (χ1v) is 8.79. The Morgan fingerprint density at radius 2 is 2.04 bits per heavy atom. The number of imidazole rings is 1. The van der Waals surface area contributed by atoms with Crippen LogP contribution in [-0.4, -0.2) is 45.4 Å². The van der Waals surface area contributed by atoms with Crippen molar-refractivity contribution in [3.05, 3.63) is 11.5 Å². The number of H-pyrrole nitrogens is 1. The van der Waals surface area contributed by atoms with Crippen molar-refractivity contribution in [2.45, 2.75) is 64.3 Å². The Kier molecular flexibility index (Phi) is 3.25. The van der Waals surface area contributed by atoms with E-state index in [-0.39, 0.29) is 11.6 Å². The molecule has 0 saturated heterocycles. The molecule has 1 N–H and O–H groups in total. The zero-order chi connectivity index (χ0) is 16.2. The van der Waals surface area contributed by atoms with Gasteiger partial charge in [-0.15, -0.1) is 0 Å². The lowest BCUT2D eigenvalue weighted by Gasteiger charge is -2.32. The summed E-state index contributed by atoms with van der Waals surface area (Å²) < 4.78 is 0. The first-order valence-electron chi connectivity index (χ1n) is 8.79. The van der Waals surface area contributed by atoms with Gasteiger partial charge in [0.2, 0.25) is 0 Å². The molecular formula is C17H25N5O. The van der Waals surface area contributed by atoms with E-state index in [1.807, 2.05) is 9.80 Å². The molecule has 2 aliphatic heterocycles. The molecule has 0 radical (unpaired) electrons. The van der Waals surface area contributed by atoms with Crippen molar-refractivity contribution in [2.75, 3.05) is 18.0 Å². The van der Waals surface area contributed by atoms with Gasteiger partial charge in [0.25, 0.3) is 0 Å². The van der Waals surface area contributed by atoms with Crippen molar-refractivity contribution in [3.63, 3.8) is 0 Å². The Hall–Kier alpha value is -1.85. The third kappa shape index (κ3) is 2.26. The summed E-state index contributed by atoms with van der Waals surface area (Å²) in [4.78, 5) is 29.7. The second-order valence-electron chi connectivity index (χ2n) is 7.57. The molecule has 1 aliphatic carbocycles. The number of hydrogen-bond donors (Lipinski definition) is 1. The number of amides is 2. The van der Waals surface area contributed by atoms with Crippen LogP contribution in [0.5, 0.6) is 0 Å². The Morgan fingerprint density at radius 1 is 1.30 bits per heavy atom. The van der Waals surface area contributed by atoms with Crippen LogP contribution in [0.25, 0.3) is 0 Å². The zero-order valence-electron chi connectivity index (χ0n) is 14.2. The lowest BCUT2D eigenvalue weighted by Crippen LogP contribution is -2.51. The summed E-state index contributed by atoms with van der Waals surface area (Å²) in [5.74, 6) is 3.10. The number of aromatic amines is 1. The van der Waals surface area contributed by atoms with Crippen LogP contribution in [0.3, 0.4) is 0 Å². The van der Waals surface area contributed by atoms with E-state index >= 15 is 0 Å². The Morgan fingerprint density at radius 3 is 2.74 bits per heavy atom. The number of hydrogen-bond acceptors (Lipinski definition) is 3. The van der Waals surface area contributed by atoms with E-state index in [0.29, 0.717) is 19.0 Å². The van der Waals surface area contributed by atoms with Gasteiger partial charge >= 0.3 is 6.03 Å². The van der Waals surface area contributed by atoms with E-state index in [0.717, 1.165) is 29.6 Å². The van der Waals surface area contributed by atoms with Crippen LogP contribution in [0.15, 0.2) is 4.99 Å². The molecule has 6 heteroatoms. The topological polar surface area (TPSA) is 64.6 Å². The minimum Gasteiger partial charge on any atom is -0.337 e. The van der Waals surface area contributed by atoms with Gasteiger partial charge < -0.3 is 4.98 Å². The number of anilines is 1. The van der Waals surface area contributed by atoms with Crippen LogP contribution in [0.2, 0.25) is 0 Å². The maximum Gasteiger partial charge on any atom is 0.331 e. The second kappa shape index (κ2) is 5.08. The average molecular weight is 315 g/mol. The molecule has 1 saturated carbocycles. The van der Waals surface area contributed by atoms with Crippen molar-refractivity contribution < 1.29 is 4.79 Å². The Labute approximate surface area is 137 Å². The minimum absolute atomic E-state index is 0.0214. The van der Waals surface area contributed by atoms with Gasteiger partial charge in [-0.25, -0.2) is 9.78 Å². The maximum atomic E-state index is 12.9. The van der Waals surface area contributed by atoms with Crippen LogP contribution in [0, 0.1) is 0 Å². The number of urea groups is 1.